The van der Waals surface area contributed by atoms with Gasteiger partial charge in [-0.05, 0) is 31.4 Å². The fourth-order valence-electron chi connectivity index (χ4n) is 2.29. The van der Waals surface area contributed by atoms with E-state index in [4.69, 9.17) is 10.8 Å². The summed E-state index contributed by atoms with van der Waals surface area (Å²) in [4.78, 5) is 12.0. The van der Waals surface area contributed by atoms with Crippen LogP contribution in [0.5, 0.6) is 5.75 Å². The standard InChI is InChI=1S/C13H17FN2O2/c14-11-7-10(4-5-12(11)17)16-13(18)8-2-1-3-9(15)6-8/h4-5,7-9,17H,1-3,6,15H2,(H,16,18). The van der Waals surface area contributed by atoms with Crippen LogP contribution in [0, 0.1) is 11.7 Å². The van der Waals surface area contributed by atoms with Crippen LogP contribution in [0.25, 0.3) is 0 Å². The van der Waals surface area contributed by atoms with Crippen molar-refractivity contribution in [3.05, 3.63) is 24.0 Å². The molecule has 0 radical (unpaired) electrons. The quantitative estimate of drug-likeness (QED) is 0.704. The van der Waals surface area contributed by atoms with Gasteiger partial charge in [0.2, 0.25) is 5.91 Å². The highest BCUT2D eigenvalue weighted by atomic mass is 19.1. The minimum Gasteiger partial charge on any atom is -0.505 e. The molecule has 18 heavy (non-hydrogen) atoms. The van der Waals surface area contributed by atoms with Gasteiger partial charge < -0.3 is 16.2 Å². The van der Waals surface area contributed by atoms with Gasteiger partial charge >= 0.3 is 0 Å². The second-order valence-electron chi connectivity index (χ2n) is 4.78. The summed E-state index contributed by atoms with van der Waals surface area (Å²) in [6.07, 6.45) is 3.40. The van der Waals surface area contributed by atoms with E-state index >= 15 is 0 Å². The van der Waals surface area contributed by atoms with Crippen molar-refractivity contribution >= 4 is 11.6 Å². The number of amides is 1. The number of nitrogens with one attached hydrogen (secondary N) is 1. The molecule has 0 aromatic heterocycles. The summed E-state index contributed by atoms with van der Waals surface area (Å²) in [5.41, 5.74) is 6.18. The topological polar surface area (TPSA) is 75.4 Å². The number of phenolic OH excluding ortho intramolecular Hbond substituents is 1. The van der Waals surface area contributed by atoms with Crippen molar-refractivity contribution in [3.63, 3.8) is 0 Å². The third kappa shape index (κ3) is 2.98. The van der Waals surface area contributed by atoms with Gasteiger partial charge in [0.05, 0.1) is 0 Å². The lowest BCUT2D eigenvalue weighted by molar-refractivity contribution is -0.120. The lowest BCUT2D eigenvalue weighted by atomic mass is 9.85. The van der Waals surface area contributed by atoms with E-state index < -0.39 is 11.6 Å². The minimum absolute atomic E-state index is 0.0750. The molecule has 0 aliphatic heterocycles. The maximum Gasteiger partial charge on any atom is 0.227 e. The number of carbonyl (C=O) groups excluding carboxylic acids is 1. The predicted octanol–water partition coefficient (Wildman–Crippen LogP) is 1.99. The molecule has 1 saturated carbocycles. The number of anilines is 1. The van der Waals surface area contributed by atoms with Crippen LogP contribution in [-0.2, 0) is 4.79 Å². The van der Waals surface area contributed by atoms with Crippen molar-refractivity contribution in [1.29, 1.82) is 0 Å². The van der Waals surface area contributed by atoms with Crippen LogP contribution in [0.2, 0.25) is 0 Å². The van der Waals surface area contributed by atoms with E-state index in [0.29, 0.717) is 12.1 Å². The lowest BCUT2D eigenvalue weighted by Crippen LogP contribution is -2.34. The van der Waals surface area contributed by atoms with Gasteiger partial charge in [0.25, 0.3) is 0 Å². The van der Waals surface area contributed by atoms with E-state index in [9.17, 15) is 9.18 Å². The van der Waals surface area contributed by atoms with Crippen LogP contribution in [0.1, 0.15) is 25.7 Å². The molecule has 2 atom stereocenters. The number of nitrogens with two attached hydrogens (primary N) is 1. The summed E-state index contributed by atoms with van der Waals surface area (Å²) >= 11 is 0. The highest BCUT2D eigenvalue weighted by Gasteiger charge is 2.25. The molecule has 2 rings (SSSR count). The second-order valence-corrected chi connectivity index (χ2v) is 4.78. The van der Waals surface area contributed by atoms with Crippen molar-refractivity contribution < 1.29 is 14.3 Å². The number of rotatable bonds is 2. The van der Waals surface area contributed by atoms with Gasteiger partial charge in [-0.25, -0.2) is 4.39 Å². The normalized spacial score (nSPS) is 23.7. The fraction of sp³-hybridized carbons (Fsp3) is 0.462. The second kappa shape index (κ2) is 5.35. The van der Waals surface area contributed by atoms with Gasteiger partial charge in [0.15, 0.2) is 11.6 Å². The number of benzene rings is 1. The Hall–Kier alpha value is -1.62. The molecule has 1 aromatic rings. The Morgan fingerprint density at radius 1 is 1.44 bits per heavy atom. The molecule has 1 aliphatic rings. The van der Waals surface area contributed by atoms with E-state index in [2.05, 4.69) is 5.32 Å². The SMILES string of the molecule is NC1CCCC(C(=O)Nc2ccc(O)c(F)c2)C1. The van der Waals surface area contributed by atoms with E-state index in [1.54, 1.807) is 0 Å². The zero-order valence-electron chi connectivity index (χ0n) is 10.0. The summed E-state index contributed by atoms with van der Waals surface area (Å²) in [5.74, 6) is -1.40. The fourth-order valence-corrected chi connectivity index (χ4v) is 2.29. The van der Waals surface area contributed by atoms with E-state index in [1.807, 2.05) is 0 Å². The van der Waals surface area contributed by atoms with Crippen molar-refractivity contribution in [2.24, 2.45) is 11.7 Å². The molecule has 5 heteroatoms. The van der Waals surface area contributed by atoms with Crippen molar-refractivity contribution in [2.45, 2.75) is 31.7 Å². The molecule has 4 N–H and O–H groups in total. The molecule has 2 unspecified atom stereocenters. The van der Waals surface area contributed by atoms with E-state index in [-0.39, 0.29) is 17.9 Å². The molecule has 0 saturated heterocycles. The van der Waals surface area contributed by atoms with Gasteiger partial charge in [-0.1, -0.05) is 6.42 Å². The maximum atomic E-state index is 13.1. The summed E-state index contributed by atoms with van der Waals surface area (Å²) < 4.78 is 13.1. The van der Waals surface area contributed by atoms with E-state index in [1.165, 1.54) is 12.1 Å². The first kappa shape index (κ1) is 12.8. The van der Waals surface area contributed by atoms with Gasteiger partial charge in [-0.15, -0.1) is 0 Å². The van der Waals surface area contributed by atoms with Crippen molar-refractivity contribution in [3.8, 4) is 5.75 Å². The van der Waals surface area contributed by atoms with Crippen LogP contribution >= 0.6 is 0 Å². The summed E-state index contributed by atoms with van der Waals surface area (Å²) in [6, 6.07) is 3.87. The third-order valence-corrected chi connectivity index (χ3v) is 3.30. The predicted molar refractivity (Wildman–Crippen MR) is 66.6 cm³/mol. The number of halogens is 1. The maximum absolute atomic E-state index is 13.1. The van der Waals surface area contributed by atoms with Gasteiger partial charge in [0.1, 0.15) is 0 Å². The Bertz CT molecular complexity index is 451. The Balaban J connectivity index is 2.00. The lowest BCUT2D eigenvalue weighted by Gasteiger charge is -2.25. The van der Waals surface area contributed by atoms with E-state index in [0.717, 1.165) is 25.3 Å². The molecule has 1 amide bonds. The molecule has 0 spiro atoms. The zero-order chi connectivity index (χ0) is 13.1. The minimum atomic E-state index is -0.742. The highest BCUT2D eigenvalue weighted by molar-refractivity contribution is 5.92. The molecule has 4 nitrogen and oxygen atoms in total. The molecule has 98 valence electrons. The van der Waals surface area contributed by atoms with Gasteiger partial charge in [-0.3, -0.25) is 4.79 Å². The Kier molecular flexibility index (Phi) is 3.81. The first-order valence-electron chi connectivity index (χ1n) is 6.11. The van der Waals surface area contributed by atoms with Crippen molar-refractivity contribution in [2.75, 3.05) is 5.32 Å². The number of hydrogen-bond acceptors (Lipinski definition) is 3. The molecule has 0 heterocycles. The number of aromatic hydroxyl groups is 1. The first-order chi connectivity index (χ1) is 8.56. The van der Waals surface area contributed by atoms with Crippen LogP contribution in [0.15, 0.2) is 18.2 Å². The number of carbonyl (C=O) groups is 1. The average molecular weight is 252 g/mol. The van der Waals surface area contributed by atoms with Crippen LogP contribution in [0.4, 0.5) is 10.1 Å². The average Bonchev–Trinajstić information content (AvgIpc) is 2.34. The van der Waals surface area contributed by atoms with Crippen LogP contribution in [-0.4, -0.2) is 17.1 Å². The molecule has 0 bridgehead atoms. The largest absolute Gasteiger partial charge is 0.505 e. The summed E-state index contributed by atoms with van der Waals surface area (Å²) in [7, 11) is 0. The zero-order valence-corrected chi connectivity index (χ0v) is 10.0. The Morgan fingerprint density at radius 3 is 2.89 bits per heavy atom. The summed E-state index contributed by atoms with van der Waals surface area (Å²) in [6.45, 7) is 0. The first-order valence-corrected chi connectivity index (χ1v) is 6.11. The molecule has 1 aromatic carbocycles. The number of hydrogen-bond donors (Lipinski definition) is 3. The van der Waals surface area contributed by atoms with Crippen molar-refractivity contribution in [1.82, 2.24) is 0 Å². The molecular formula is C13H17FN2O2. The molecular weight excluding hydrogens is 235 g/mol. The summed E-state index contributed by atoms with van der Waals surface area (Å²) in [5, 5.41) is 11.7. The highest BCUT2D eigenvalue weighted by Crippen LogP contribution is 2.25. The Morgan fingerprint density at radius 2 is 2.22 bits per heavy atom. The van der Waals surface area contributed by atoms with Gasteiger partial charge in [-0.2, -0.15) is 0 Å². The monoisotopic (exact) mass is 252 g/mol. The molecule has 1 fully saturated rings. The molecule has 1 aliphatic carbocycles. The van der Waals surface area contributed by atoms with Gasteiger partial charge in [0, 0.05) is 23.7 Å². The smallest absolute Gasteiger partial charge is 0.227 e. The Labute approximate surface area is 105 Å². The third-order valence-electron chi connectivity index (χ3n) is 3.30. The van der Waals surface area contributed by atoms with Crippen LogP contribution in [0.3, 0.4) is 0 Å². The number of phenols is 1. The van der Waals surface area contributed by atoms with Crippen LogP contribution < -0.4 is 11.1 Å².